The van der Waals surface area contributed by atoms with Gasteiger partial charge in [-0.2, -0.15) is 0 Å². The Kier molecular flexibility index (Phi) is 9.99. The maximum atomic E-state index is 5.39. The lowest BCUT2D eigenvalue weighted by atomic mass is 10.9. The first kappa shape index (κ1) is 17.7. The quantitative estimate of drug-likeness (QED) is 0.703. The van der Waals surface area contributed by atoms with E-state index in [4.69, 9.17) is 13.3 Å². The predicted molar refractivity (Wildman–Crippen MR) is 71.1 cm³/mol. The van der Waals surface area contributed by atoms with Crippen LogP contribution in [0.25, 0.3) is 0 Å². The second-order valence-electron chi connectivity index (χ2n) is 4.58. The van der Waals surface area contributed by atoms with Gasteiger partial charge in [-0.15, -0.1) is 0 Å². The smallest absolute Gasteiger partial charge is 0.331 e. The number of rotatable bonds is 5. The Balaban J connectivity index is 0. The van der Waals surface area contributed by atoms with Crippen LogP contribution < -0.4 is 0 Å². The van der Waals surface area contributed by atoms with E-state index in [1.807, 2.05) is 13.8 Å². The third-order valence-electron chi connectivity index (χ3n) is 1.60. The molecular formula is C10H28O3Si2. The summed E-state index contributed by atoms with van der Waals surface area (Å²) in [5.41, 5.74) is 0. The third-order valence-corrected chi connectivity index (χ3v) is 4.79. The maximum Gasteiger partial charge on any atom is 0.331 e. The first-order valence-electron chi connectivity index (χ1n) is 5.51. The molecule has 0 aromatic rings. The molecule has 0 radical (unpaired) electrons. The minimum Gasteiger partial charge on any atom is -0.421 e. The molecule has 0 aromatic carbocycles. The van der Waals surface area contributed by atoms with Crippen LogP contribution in [-0.4, -0.2) is 37.2 Å². The first-order valence-corrected chi connectivity index (χ1v) is 11.7. The van der Waals surface area contributed by atoms with Crippen LogP contribution in [0.15, 0.2) is 0 Å². The van der Waals surface area contributed by atoms with E-state index in [2.05, 4.69) is 32.7 Å². The predicted octanol–water partition coefficient (Wildman–Crippen LogP) is 3.23. The Morgan fingerprint density at radius 2 is 1.07 bits per heavy atom. The molecule has 0 unspecified atom stereocenters. The molecule has 0 spiro atoms. The molecule has 3 nitrogen and oxygen atoms in total. The van der Waals surface area contributed by atoms with Crippen LogP contribution in [-0.2, 0) is 13.3 Å². The van der Waals surface area contributed by atoms with Crippen LogP contribution >= 0.6 is 0 Å². The molecule has 0 aliphatic carbocycles. The second kappa shape index (κ2) is 8.46. The topological polar surface area (TPSA) is 27.7 Å². The highest BCUT2D eigenvalue weighted by Gasteiger charge is 2.22. The normalized spacial score (nSPS) is 12.0. The van der Waals surface area contributed by atoms with E-state index in [1.165, 1.54) is 0 Å². The molecule has 0 fully saturated rings. The van der Waals surface area contributed by atoms with Gasteiger partial charge in [-0.25, -0.2) is 0 Å². The molecule has 0 heterocycles. The molecule has 5 heteroatoms. The fourth-order valence-electron chi connectivity index (χ4n) is 0.737. The average Bonchev–Trinajstić information content (AvgIpc) is 2.03. The van der Waals surface area contributed by atoms with Crippen LogP contribution in [0.1, 0.15) is 13.8 Å². The molecule has 0 aromatic heterocycles. The number of hydrogen-bond donors (Lipinski definition) is 0. The zero-order valence-corrected chi connectivity index (χ0v) is 13.6. The molecular weight excluding hydrogens is 224 g/mol. The van der Waals surface area contributed by atoms with Crippen molar-refractivity contribution in [2.45, 2.75) is 46.6 Å². The average molecular weight is 253 g/mol. The van der Waals surface area contributed by atoms with Crippen molar-refractivity contribution < 1.29 is 13.3 Å². The maximum absolute atomic E-state index is 5.39. The van der Waals surface area contributed by atoms with Crippen molar-refractivity contribution in [1.82, 2.24) is 0 Å². The van der Waals surface area contributed by atoms with Crippen LogP contribution in [0, 0.1) is 0 Å². The Bertz CT molecular complexity index is 136. The van der Waals surface area contributed by atoms with Crippen molar-refractivity contribution in [3.63, 3.8) is 0 Å². The van der Waals surface area contributed by atoms with E-state index in [9.17, 15) is 0 Å². The van der Waals surface area contributed by atoms with E-state index < -0.39 is 16.9 Å². The Labute approximate surface area is 97.5 Å². The lowest BCUT2D eigenvalue weighted by Gasteiger charge is -2.20. The van der Waals surface area contributed by atoms with Crippen molar-refractivity contribution in [3.8, 4) is 0 Å². The second-order valence-corrected chi connectivity index (χ2v) is 12.6. The summed E-state index contributed by atoms with van der Waals surface area (Å²) < 4.78 is 15.8. The third kappa shape index (κ3) is 17.0. The molecule has 94 valence electrons. The van der Waals surface area contributed by atoms with Gasteiger partial charge >= 0.3 is 8.56 Å². The summed E-state index contributed by atoms with van der Waals surface area (Å²) in [4.78, 5) is 0. The van der Waals surface area contributed by atoms with Crippen LogP contribution in [0.2, 0.25) is 32.7 Å². The van der Waals surface area contributed by atoms with Gasteiger partial charge in [0.25, 0.3) is 0 Å². The highest BCUT2D eigenvalue weighted by atomic mass is 28.4. The summed E-state index contributed by atoms with van der Waals surface area (Å²) in [6.45, 7) is 16.1. The van der Waals surface area contributed by atoms with Gasteiger partial charge in [0.1, 0.15) is 0 Å². The molecule has 0 saturated carbocycles. The van der Waals surface area contributed by atoms with E-state index in [1.54, 1.807) is 7.11 Å². The summed E-state index contributed by atoms with van der Waals surface area (Å²) in [5.74, 6) is 0. The molecule has 0 N–H and O–H groups in total. The van der Waals surface area contributed by atoms with Gasteiger partial charge in [-0.05, 0) is 46.6 Å². The zero-order chi connectivity index (χ0) is 12.5. The molecule has 0 amide bonds. The highest BCUT2D eigenvalue weighted by molar-refractivity contribution is 6.69. The fraction of sp³-hybridized carbons (Fsp3) is 1.00. The SMILES string of the molecule is CCO[Si](C)(C)OCC.CO[Si](C)(C)C. The van der Waals surface area contributed by atoms with Crippen molar-refractivity contribution >= 4 is 16.9 Å². The van der Waals surface area contributed by atoms with Gasteiger partial charge in [0.2, 0.25) is 0 Å². The lowest BCUT2D eigenvalue weighted by Crippen LogP contribution is -2.34. The highest BCUT2D eigenvalue weighted by Crippen LogP contribution is 2.04. The van der Waals surface area contributed by atoms with Gasteiger partial charge in [-0.3, -0.25) is 0 Å². The van der Waals surface area contributed by atoms with Crippen molar-refractivity contribution in [2.75, 3.05) is 20.3 Å². The van der Waals surface area contributed by atoms with Crippen LogP contribution in [0.3, 0.4) is 0 Å². The monoisotopic (exact) mass is 252 g/mol. The van der Waals surface area contributed by atoms with Crippen molar-refractivity contribution in [3.05, 3.63) is 0 Å². The van der Waals surface area contributed by atoms with Crippen molar-refractivity contribution in [2.24, 2.45) is 0 Å². The minimum absolute atomic E-state index is 0.763. The molecule has 0 bridgehead atoms. The Morgan fingerprint density at radius 3 is 1.20 bits per heavy atom. The van der Waals surface area contributed by atoms with Crippen LogP contribution in [0.4, 0.5) is 0 Å². The van der Waals surface area contributed by atoms with Gasteiger partial charge in [0.15, 0.2) is 8.32 Å². The van der Waals surface area contributed by atoms with Crippen LogP contribution in [0.5, 0.6) is 0 Å². The van der Waals surface area contributed by atoms with Gasteiger partial charge in [-0.1, -0.05) is 0 Å². The molecule has 0 saturated heterocycles. The zero-order valence-electron chi connectivity index (χ0n) is 11.6. The van der Waals surface area contributed by atoms with E-state index in [0.29, 0.717) is 0 Å². The summed E-state index contributed by atoms with van der Waals surface area (Å²) in [6.07, 6.45) is 0. The Morgan fingerprint density at radius 1 is 0.800 bits per heavy atom. The largest absolute Gasteiger partial charge is 0.421 e. The molecule has 0 atom stereocenters. The lowest BCUT2D eigenvalue weighted by molar-refractivity contribution is 0.196. The first-order chi connectivity index (χ1) is 6.68. The summed E-state index contributed by atoms with van der Waals surface area (Å²) >= 11 is 0. The van der Waals surface area contributed by atoms with E-state index in [-0.39, 0.29) is 0 Å². The molecule has 0 aliphatic heterocycles. The fourth-order valence-corrected chi connectivity index (χ4v) is 2.21. The van der Waals surface area contributed by atoms with Crippen molar-refractivity contribution in [1.29, 1.82) is 0 Å². The molecule has 0 aliphatic rings. The van der Waals surface area contributed by atoms with Gasteiger partial charge in [0.05, 0.1) is 0 Å². The van der Waals surface area contributed by atoms with Gasteiger partial charge < -0.3 is 13.3 Å². The summed E-state index contributed by atoms with van der Waals surface area (Å²) in [5, 5.41) is 0. The Hall–Kier alpha value is 0.314. The number of hydrogen-bond acceptors (Lipinski definition) is 3. The molecule has 15 heavy (non-hydrogen) atoms. The summed E-state index contributed by atoms with van der Waals surface area (Å²) in [6, 6.07) is 0. The summed E-state index contributed by atoms with van der Waals surface area (Å²) in [7, 11) is -1.06. The standard InChI is InChI=1S/C6H16O2Si.C4H12OSi/c1-5-7-9(3,4)8-6-2;1-5-6(2,3)4/h5-6H2,1-4H3;1-4H3. The molecule has 0 rings (SSSR count). The van der Waals surface area contributed by atoms with E-state index in [0.717, 1.165) is 13.2 Å². The van der Waals surface area contributed by atoms with E-state index >= 15 is 0 Å². The van der Waals surface area contributed by atoms with Gasteiger partial charge in [0, 0.05) is 20.3 Å². The minimum atomic E-state index is -1.70.